The van der Waals surface area contributed by atoms with Gasteiger partial charge in [-0.05, 0) is 141 Å². The van der Waals surface area contributed by atoms with Crippen LogP contribution in [0.1, 0.15) is 142 Å². The van der Waals surface area contributed by atoms with Gasteiger partial charge in [-0.1, -0.05) is 113 Å². The summed E-state index contributed by atoms with van der Waals surface area (Å²) >= 11 is 13.5. The number of carbonyl (C=O) groups is 4. The molecule has 5 aromatic rings. The third kappa shape index (κ3) is 19.1. The third-order valence-corrected chi connectivity index (χ3v) is 16.8. The Balaban J connectivity index is 0.000000208. The molecule has 2 atom stereocenters. The molecule has 2 aliphatic heterocycles. The zero-order valence-electron chi connectivity index (χ0n) is 48.6. The summed E-state index contributed by atoms with van der Waals surface area (Å²) in [6.07, 6.45) is 9.30. The number of hydrogen-bond acceptors (Lipinski definition) is 10. The molecule has 3 aliphatic rings. The van der Waals surface area contributed by atoms with E-state index in [2.05, 4.69) is 80.0 Å². The standard InChI is InChI=1S/C22H35N3O4.C17H17ClN4S.C16H21ClFN.C8H9NO/c1-17(27)23-12-10-21(2,3)14-29-15-22(4,5)11-13-24-20(28)18-6-8-19(9-7-18)25-16-26;1-9-10(2)23-17-15(9)16(12-4-6-13(18)7-5-12)21-8-14(20)22(17)11(3)19;1-11-13(12-6-5-7-14(17)15(12)18)10-19-16(11)8-3-2-4-9-16;1-7-3-2-4-8(5-7)9-6-10/h6-9,16H,10-15H2,1-5H3,(H,23,27)(H,24,28)(H,25,26);4-7,19-20H,8H2,1-3H3;5-7,11,13,19H,2-4,8-10H2,1H3;2-6H,1H3,(H,9,10). The van der Waals surface area contributed by atoms with Crippen molar-refractivity contribution in [1.29, 1.82) is 10.8 Å². The van der Waals surface area contributed by atoms with Crippen molar-refractivity contribution in [3.8, 4) is 0 Å². The van der Waals surface area contributed by atoms with E-state index in [1.165, 1.54) is 43.9 Å². The highest BCUT2D eigenvalue weighted by Gasteiger charge is 2.47. The summed E-state index contributed by atoms with van der Waals surface area (Å²) in [6, 6.07) is 27.4. The average molecular weight is 1170 g/mol. The van der Waals surface area contributed by atoms with Crippen LogP contribution in [-0.2, 0) is 19.1 Å². The van der Waals surface area contributed by atoms with Crippen molar-refractivity contribution < 1.29 is 28.3 Å². The van der Waals surface area contributed by atoms with E-state index in [9.17, 15) is 23.6 Å². The molecule has 1 spiro atoms. The maximum absolute atomic E-state index is 14.2. The lowest BCUT2D eigenvalue weighted by molar-refractivity contribution is -0.119. The Morgan fingerprint density at radius 3 is 2.05 bits per heavy atom. The average Bonchev–Trinajstić information content (AvgIpc) is 3.84. The van der Waals surface area contributed by atoms with E-state index in [0.29, 0.717) is 73.0 Å². The molecule has 3 heterocycles. The lowest BCUT2D eigenvalue weighted by Gasteiger charge is -2.38. The minimum atomic E-state index is -0.226. The predicted molar refractivity (Wildman–Crippen MR) is 332 cm³/mol. The number of amides is 4. The number of halogens is 3. The predicted octanol–water partition coefficient (Wildman–Crippen LogP) is 13.7. The van der Waals surface area contributed by atoms with Gasteiger partial charge in [-0.3, -0.25) is 39.9 Å². The molecule has 0 radical (unpaired) electrons. The summed E-state index contributed by atoms with van der Waals surface area (Å²) in [5.41, 5.74) is 8.14. The molecule has 8 rings (SSSR count). The molecular formula is C63H82Cl2FN9O5S. The molecule has 1 aromatic heterocycles. The van der Waals surface area contributed by atoms with Crippen LogP contribution in [0.15, 0.2) is 96.0 Å². The largest absolute Gasteiger partial charge is 0.380 e. The van der Waals surface area contributed by atoms with Crippen LogP contribution < -0.4 is 31.5 Å². The molecule has 1 saturated heterocycles. The van der Waals surface area contributed by atoms with Crippen molar-refractivity contribution in [1.82, 2.24) is 16.0 Å². The van der Waals surface area contributed by atoms with Gasteiger partial charge < -0.3 is 31.3 Å². The lowest BCUT2D eigenvalue weighted by atomic mass is 9.71. The Bertz CT molecular complexity index is 2980. The van der Waals surface area contributed by atoms with Gasteiger partial charge in [0.2, 0.25) is 18.7 Å². The van der Waals surface area contributed by atoms with E-state index in [1.54, 1.807) is 53.5 Å². The first-order chi connectivity index (χ1) is 38.4. The smallest absolute Gasteiger partial charge is 0.251 e. The summed E-state index contributed by atoms with van der Waals surface area (Å²) in [7, 11) is 0. The summed E-state index contributed by atoms with van der Waals surface area (Å²) in [5.74, 6) is 0.999. The summed E-state index contributed by atoms with van der Waals surface area (Å²) < 4.78 is 20.2. The van der Waals surface area contributed by atoms with Gasteiger partial charge in [-0.2, -0.15) is 0 Å². The highest BCUT2D eigenvalue weighted by molar-refractivity contribution is 7.17. The highest BCUT2D eigenvalue weighted by atomic mass is 35.5. The van der Waals surface area contributed by atoms with Gasteiger partial charge in [0.25, 0.3) is 5.91 Å². The second-order valence-electron chi connectivity index (χ2n) is 22.7. The summed E-state index contributed by atoms with van der Waals surface area (Å²) in [5, 5.41) is 32.7. The zero-order valence-corrected chi connectivity index (χ0v) is 51.0. The van der Waals surface area contributed by atoms with E-state index >= 15 is 0 Å². The van der Waals surface area contributed by atoms with Crippen LogP contribution in [0.3, 0.4) is 0 Å². The van der Waals surface area contributed by atoms with E-state index in [-0.39, 0.29) is 51.5 Å². The molecule has 18 heteroatoms. The number of rotatable bonds is 17. The number of ether oxygens (including phenoxy) is 1. The number of thiophene rings is 1. The minimum Gasteiger partial charge on any atom is -0.380 e. The Hall–Kier alpha value is -6.30. The van der Waals surface area contributed by atoms with Crippen LogP contribution in [0, 0.1) is 54.2 Å². The van der Waals surface area contributed by atoms with Gasteiger partial charge in [0, 0.05) is 76.0 Å². The Labute approximate surface area is 492 Å². The second-order valence-corrected chi connectivity index (χ2v) is 24.7. The Kier molecular flexibility index (Phi) is 24.8. The second kappa shape index (κ2) is 30.7. The first-order valence-electron chi connectivity index (χ1n) is 27.6. The van der Waals surface area contributed by atoms with Gasteiger partial charge in [-0.25, -0.2) is 4.39 Å². The molecule has 14 nitrogen and oxygen atoms in total. The number of amidine groups is 2. The first kappa shape index (κ1) is 65.5. The number of aliphatic imine (C=N–C) groups is 1. The molecule has 7 N–H and O–H groups in total. The topological polar surface area (TPSA) is 201 Å². The van der Waals surface area contributed by atoms with Gasteiger partial charge in [-0.15, -0.1) is 11.3 Å². The maximum Gasteiger partial charge on any atom is 0.251 e. The van der Waals surface area contributed by atoms with Crippen molar-refractivity contribution in [2.24, 2.45) is 21.7 Å². The number of carbonyl (C=O) groups excluding carboxylic acids is 4. The first-order valence-corrected chi connectivity index (χ1v) is 29.2. The molecule has 0 bridgehead atoms. The highest BCUT2D eigenvalue weighted by Crippen LogP contribution is 2.46. The van der Waals surface area contributed by atoms with Crippen LogP contribution in [0.4, 0.5) is 20.8 Å². The molecule has 1 aliphatic carbocycles. The number of hydrogen-bond donors (Lipinski definition) is 7. The van der Waals surface area contributed by atoms with Crippen LogP contribution in [0.25, 0.3) is 0 Å². The van der Waals surface area contributed by atoms with Gasteiger partial charge >= 0.3 is 0 Å². The van der Waals surface area contributed by atoms with Gasteiger partial charge in [0.1, 0.15) is 22.5 Å². The number of aryl methyl sites for hydroxylation is 2. The molecule has 4 aromatic carbocycles. The molecule has 81 heavy (non-hydrogen) atoms. The normalized spacial score (nSPS) is 16.3. The van der Waals surface area contributed by atoms with E-state index in [0.717, 1.165) is 63.6 Å². The van der Waals surface area contributed by atoms with E-state index < -0.39 is 0 Å². The number of fused-ring (bicyclic) bond motifs is 1. The summed E-state index contributed by atoms with van der Waals surface area (Å²) in [4.78, 5) is 51.1. The molecule has 1 saturated carbocycles. The zero-order chi connectivity index (χ0) is 59.5. The van der Waals surface area contributed by atoms with Crippen molar-refractivity contribution in [3.63, 3.8) is 0 Å². The van der Waals surface area contributed by atoms with Crippen molar-refractivity contribution in [3.05, 3.63) is 145 Å². The molecule has 436 valence electrons. The molecular weight excluding hydrogens is 1080 g/mol. The van der Waals surface area contributed by atoms with Crippen molar-refractivity contribution in [2.45, 2.75) is 126 Å². The molecule has 4 amide bonds. The Morgan fingerprint density at radius 1 is 0.852 bits per heavy atom. The maximum atomic E-state index is 14.2. The van der Waals surface area contributed by atoms with E-state index in [1.807, 2.05) is 67.6 Å². The summed E-state index contributed by atoms with van der Waals surface area (Å²) in [6.45, 7) is 23.6. The number of nitrogens with zero attached hydrogens (tertiary/aromatic N) is 2. The van der Waals surface area contributed by atoms with Crippen LogP contribution in [-0.4, -0.2) is 86.9 Å². The fourth-order valence-electron chi connectivity index (χ4n) is 10.2. The number of nitrogens with one attached hydrogen (secondary N) is 7. The lowest BCUT2D eigenvalue weighted by Crippen LogP contribution is -2.45. The third-order valence-electron chi connectivity index (χ3n) is 15.1. The SMILES string of the molecule is CC(=N)N1C(=N)CN=C(c2ccc(Cl)cc2)c2c1sc(C)c2C.CC(=O)NCCC(C)(C)COCC(C)(C)CCNC(=O)c1ccc(NC=O)cc1.CC1C(c2cccc(Cl)c2F)CNC12CCCCC2.Cc1cccc(NC=O)c1. The van der Waals surface area contributed by atoms with Crippen molar-refractivity contribution >= 4 is 92.9 Å². The van der Waals surface area contributed by atoms with Crippen LogP contribution in [0.2, 0.25) is 10.0 Å². The number of anilines is 3. The van der Waals surface area contributed by atoms with Crippen molar-refractivity contribution in [2.75, 3.05) is 54.9 Å². The monoisotopic (exact) mass is 1170 g/mol. The van der Waals surface area contributed by atoms with Gasteiger partial charge in [0.15, 0.2) is 0 Å². The molecule has 2 fully saturated rings. The van der Waals surface area contributed by atoms with Crippen LogP contribution in [0.5, 0.6) is 0 Å². The fourth-order valence-corrected chi connectivity index (χ4v) is 11.8. The van der Waals surface area contributed by atoms with Crippen LogP contribution >= 0.6 is 34.5 Å². The molecule has 2 unspecified atom stereocenters. The fraction of sp³-hybridized carbons (Fsp3) is 0.444. The van der Waals surface area contributed by atoms with Gasteiger partial charge in [0.05, 0.1) is 30.5 Å². The number of benzene rings is 4. The van der Waals surface area contributed by atoms with E-state index in [4.69, 9.17) is 38.8 Å². The quantitative estimate of drug-likeness (QED) is 0.0273. The Morgan fingerprint density at radius 2 is 1.46 bits per heavy atom. The minimum absolute atomic E-state index is 0.0153.